The Bertz CT molecular complexity index is 779. The number of para-hydroxylation sites is 2. The average molecular weight is 359 g/mol. The molecule has 0 radical (unpaired) electrons. The molecule has 1 aliphatic heterocycles. The summed E-state index contributed by atoms with van der Waals surface area (Å²) in [5.41, 5.74) is 1.69. The van der Waals surface area contributed by atoms with Gasteiger partial charge in [0.25, 0.3) is 0 Å². The van der Waals surface area contributed by atoms with E-state index in [1.165, 1.54) is 0 Å². The number of amides is 2. The third kappa shape index (κ3) is 4.51. The number of nitrogens with one attached hydrogen (secondary N) is 1. The summed E-state index contributed by atoms with van der Waals surface area (Å²) in [6, 6.07) is 14.7. The Hall–Kier alpha value is -2.53. The molecular weight excluding hydrogens is 340 g/mol. The lowest BCUT2D eigenvalue weighted by Gasteiger charge is -2.29. The summed E-state index contributed by atoms with van der Waals surface area (Å²) in [5, 5.41) is 3.44. The van der Waals surface area contributed by atoms with Crippen LogP contribution >= 0.6 is 11.6 Å². The molecule has 0 fully saturated rings. The number of benzene rings is 2. The van der Waals surface area contributed by atoms with Crippen LogP contribution in [0.5, 0.6) is 5.75 Å². The molecule has 0 aromatic heterocycles. The molecular formula is C19H19ClN2O3. The van der Waals surface area contributed by atoms with Crippen LogP contribution < -0.4 is 15.0 Å². The van der Waals surface area contributed by atoms with Gasteiger partial charge in [-0.15, -0.1) is 0 Å². The van der Waals surface area contributed by atoms with Crippen molar-refractivity contribution in [1.29, 1.82) is 0 Å². The lowest BCUT2D eigenvalue weighted by atomic mass is 10.2. The molecule has 5 nitrogen and oxygen atoms in total. The fraction of sp³-hybridized carbons (Fsp3) is 0.263. The number of ether oxygens (including phenoxy) is 1. The third-order valence-electron chi connectivity index (χ3n) is 3.97. The molecule has 0 aliphatic carbocycles. The van der Waals surface area contributed by atoms with Gasteiger partial charge in [0.2, 0.25) is 11.8 Å². The molecule has 0 saturated carbocycles. The molecule has 0 atom stereocenters. The quantitative estimate of drug-likeness (QED) is 0.893. The van der Waals surface area contributed by atoms with Crippen LogP contribution in [0, 0.1) is 0 Å². The van der Waals surface area contributed by atoms with E-state index in [4.69, 9.17) is 16.3 Å². The zero-order valence-corrected chi connectivity index (χ0v) is 14.5. The van der Waals surface area contributed by atoms with Crippen molar-refractivity contribution in [2.75, 3.05) is 18.1 Å². The molecule has 1 heterocycles. The summed E-state index contributed by atoms with van der Waals surface area (Å²) >= 11 is 5.92. The number of hydrogen-bond donors (Lipinski definition) is 1. The van der Waals surface area contributed by atoms with Gasteiger partial charge >= 0.3 is 0 Å². The lowest BCUT2D eigenvalue weighted by molar-refractivity contribution is -0.125. The van der Waals surface area contributed by atoms with Crippen molar-refractivity contribution in [1.82, 2.24) is 5.32 Å². The molecule has 2 aromatic carbocycles. The van der Waals surface area contributed by atoms with Gasteiger partial charge in [0, 0.05) is 24.4 Å². The summed E-state index contributed by atoms with van der Waals surface area (Å²) < 4.78 is 5.54. The second kappa shape index (κ2) is 8.03. The summed E-state index contributed by atoms with van der Waals surface area (Å²) in [7, 11) is 0. The fourth-order valence-electron chi connectivity index (χ4n) is 2.72. The number of fused-ring (bicyclic) bond motifs is 1. The summed E-state index contributed by atoms with van der Waals surface area (Å²) in [6.45, 7) is 1.36. The van der Waals surface area contributed by atoms with Crippen LogP contribution in [0.25, 0.3) is 0 Å². The van der Waals surface area contributed by atoms with Gasteiger partial charge in [0.05, 0.1) is 12.2 Å². The smallest absolute Gasteiger partial charge is 0.227 e. The van der Waals surface area contributed by atoms with Crippen LogP contribution in [-0.4, -0.2) is 25.0 Å². The number of rotatable bonds is 5. The molecule has 130 valence electrons. The molecule has 2 aromatic rings. The van der Waals surface area contributed by atoms with Crippen LogP contribution in [0.15, 0.2) is 48.5 Å². The van der Waals surface area contributed by atoms with Gasteiger partial charge in [-0.1, -0.05) is 35.9 Å². The number of carbonyl (C=O) groups is 2. The minimum atomic E-state index is -0.158. The van der Waals surface area contributed by atoms with Crippen LogP contribution in [-0.2, 0) is 16.1 Å². The second-order valence-electron chi connectivity index (χ2n) is 5.77. The Balaban J connectivity index is 1.50. The normalized spacial score (nSPS) is 12.9. The van der Waals surface area contributed by atoms with Crippen molar-refractivity contribution in [2.24, 2.45) is 0 Å². The molecule has 2 amide bonds. The van der Waals surface area contributed by atoms with Crippen LogP contribution in [0.4, 0.5) is 5.69 Å². The van der Waals surface area contributed by atoms with Gasteiger partial charge in [-0.25, -0.2) is 0 Å². The Morgan fingerprint density at radius 2 is 1.96 bits per heavy atom. The SMILES string of the molecule is O=C(CCC(=O)N1CCOc2ccccc21)NCc1cccc(Cl)c1. The Morgan fingerprint density at radius 1 is 1.12 bits per heavy atom. The van der Waals surface area contributed by atoms with Crippen molar-refractivity contribution in [2.45, 2.75) is 19.4 Å². The van der Waals surface area contributed by atoms with E-state index in [0.29, 0.717) is 30.5 Å². The van der Waals surface area contributed by atoms with E-state index in [1.54, 1.807) is 17.0 Å². The highest BCUT2D eigenvalue weighted by molar-refractivity contribution is 6.30. The van der Waals surface area contributed by atoms with Gasteiger partial charge in [-0.3, -0.25) is 9.59 Å². The first-order valence-corrected chi connectivity index (χ1v) is 8.54. The molecule has 0 unspecified atom stereocenters. The molecule has 0 saturated heterocycles. The number of anilines is 1. The van der Waals surface area contributed by atoms with Gasteiger partial charge in [0.1, 0.15) is 12.4 Å². The van der Waals surface area contributed by atoms with Crippen LogP contribution in [0.3, 0.4) is 0 Å². The molecule has 25 heavy (non-hydrogen) atoms. The minimum Gasteiger partial charge on any atom is -0.490 e. The van der Waals surface area contributed by atoms with Gasteiger partial charge in [0.15, 0.2) is 0 Å². The highest BCUT2D eigenvalue weighted by Crippen LogP contribution is 2.31. The van der Waals surface area contributed by atoms with Gasteiger partial charge in [-0.2, -0.15) is 0 Å². The number of nitrogens with zero attached hydrogens (tertiary/aromatic N) is 1. The van der Waals surface area contributed by atoms with E-state index in [1.807, 2.05) is 36.4 Å². The fourth-order valence-corrected chi connectivity index (χ4v) is 2.93. The first-order valence-electron chi connectivity index (χ1n) is 8.17. The molecule has 6 heteroatoms. The van der Waals surface area contributed by atoms with Gasteiger partial charge in [-0.05, 0) is 29.8 Å². The predicted octanol–water partition coefficient (Wildman–Crippen LogP) is 3.16. The van der Waals surface area contributed by atoms with Crippen LogP contribution in [0.2, 0.25) is 5.02 Å². The minimum absolute atomic E-state index is 0.0753. The monoisotopic (exact) mass is 358 g/mol. The highest BCUT2D eigenvalue weighted by atomic mass is 35.5. The number of hydrogen-bond acceptors (Lipinski definition) is 3. The zero-order chi connectivity index (χ0) is 17.6. The van der Waals surface area contributed by atoms with E-state index >= 15 is 0 Å². The Labute approximate surface area is 151 Å². The van der Waals surface area contributed by atoms with Crippen molar-refractivity contribution < 1.29 is 14.3 Å². The first-order chi connectivity index (χ1) is 12.1. The summed E-state index contributed by atoms with van der Waals surface area (Å²) in [6.07, 6.45) is 0.314. The van der Waals surface area contributed by atoms with E-state index in [0.717, 1.165) is 11.3 Å². The maximum Gasteiger partial charge on any atom is 0.227 e. The van der Waals surface area contributed by atoms with E-state index in [9.17, 15) is 9.59 Å². The zero-order valence-electron chi connectivity index (χ0n) is 13.7. The van der Waals surface area contributed by atoms with Crippen molar-refractivity contribution in [3.63, 3.8) is 0 Å². The maximum atomic E-state index is 12.5. The van der Waals surface area contributed by atoms with Crippen molar-refractivity contribution >= 4 is 29.1 Å². The first kappa shape index (κ1) is 17.3. The molecule has 0 spiro atoms. The standard InChI is InChI=1S/C19H19ClN2O3/c20-15-5-3-4-14(12-15)13-21-18(23)8-9-19(24)22-10-11-25-17-7-2-1-6-16(17)22/h1-7,12H,8-11,13H2,(H,21,23). The van der Waals surface area contributed by atoms with E-state index in [-0.39, 0.29) is 24.7 Å². The Kier molecular flexibility index (Phi) is 5.56. The third-order valence-corrected chi connectivity index (χ3v) is 4.21. The average Bonchev–Trinajstić information content (AvgIpc) is 2.64. The largest absolute Gasteiger partial charge is 0.490 e. The maximum absolute atomic E-state index is 12.5. The summed E-state index contributed by atoms with van der Waals surface area (Å²) in [5.74, 6) is 0.469. The van der Waals surface area contributed by atoms with E-state index in [2.05, 4.69) is 5.32 Å². The number of halogens is 1. The van der Waals surface area contributed by atoms with Crippen molar-refractivity contribution in [3.8, 4) is 5.75 Å². The topological polar surface area (TPSA) is 58.6 Å². The second-order valence-corrected chi connectivity index (χ2v) is 6.20. The van der Waals surface area contributed by atoms with E-state index < -0.39 is 0 Å². The number of carbonyl (C=O) groups excluding carboxylic acids is 2. The summed E-state index contributed by atoms with van der Waals surface area (Å²) in [4.78, 5) is 26.1. The molecule has 3 rings (SSSR count). The highest BCUT2D eigenvalue weighted by Gasteiger charge is 2.23. The lowest BCUT2D eigenvalue weighted by Crippen LogP contribution is -2.38. The Morgan fingerprint density at radius 3 is 2.80 bits per heavy atom. The van der Waals surface area contributed by atoms with Crippen LogP contribution in [0.1, 0.15) is 18.4 Å². The molecule has 1 N–H and O–H groups in total. The van der Waals surface area contributed by atoms with Crippen molar-refractivity contribution in [3.05, 3.63) is 59.1 Å². The predicted molar refractivity (Wildman–Crippen MR) is 96.8 cm³/mol. The van der Waals surface area contributed by atoms with Gasteiger partial charge < -0.3 is 15.0 Å². The molecule has 1 aliphatic rings. The molecule has 0 bridgehead atoms.